The Balaban J connectivity index is 1.49. The zero-order chi connectivity index (χ0) is 18.7. The van der Waals surface area contributed by atoms with Crippen molar-refractivity contribution >= 4 is 21.6 Å². The van der Waals surface area contributed by atoms with Crippen LogP contribution in [-0.2, 0) is 21.2 Å². The molecule has 1 heterocycles. The molecule has 0 bridgehead atoms. The number of hydrogen-bond acceptors (Lipinski definition) is 6. The van der Waals surface area contributed by atoms with Crippen molar-refractivity contribution in [1.82, 2.24) is 15.3 Å². The average Bonchev–Trinajstić information content (AvgIpc) is 3.35. The molecule has 1 aliphatic carbocycles. The molecule has 1 aliphatic rings. The normalized spacial score (nSPS) is 14.2. The minimum atomic E-state index is -3.47. The van der Waals surface area contributed by atoms with Crippen molar-refractivity contribution in [3.63, 3.8) is 0 Å². The Bertz CT molecular complexity index is 866. The van der Waals surface area contributed by atoms with E-state index in [2.05, 4.69) is 20.7 Å². The lowest BCUT2D eigenvalue weighted by Crippen LogP contribution is -2.29. The van der Waals surface area contributed by atoms with Gasteiger partial charge in [0.2, 0.25) is 15.9 Å². The molecule has 9 heteroatoms. The molecular weight excluding hydrogens is 356 g/mol. The lowest BCUT2D eigenvalue weighted by molar-refractivity contribution is -0.120. The smallest absolute Gasteiger partial charge is 0.240 e. The van der Waals surface area contributed by atoms with Crippen LogP contribution in [0, 0.1) is 13.8 Å². The van der Waals surface area contributed by atoms with Gasteiger partial charge in [-0.05, 0) is 57.4 Å². The Labute approximate surface area is 152 Å². The number of carbonyl (C=O) groups excluding carboxylic acids is 1. The Hall–Kier alpha value is -2.39. The second-order valence-corrected chi connectivity index (χ2v) is 8.11. The van der Waals surface area contributed by atoms with Gasteiger partial charge in [0, 0.05) is 18.0 Å². The molecule has 3 rings (SSSR count). The van der Waals surface area contributed by atoms with E-state index in [0.717, 1.165) is 29.9 Å². The van der Waals surface area contributed by atoms with Gasteiger partial charge >= 0.3 is 0 Å². The zero-order valence-corrected chi connectivity index (χ0v) is 15.5. The maximum absolute atomic E-state index is 12.1. The summed E-state index contributed by atoms with van der Waals surface area (Å²) in [4.78, 5) is 12.2. The van der Waals surface area contributed by atoms with Gasteiger partial charge < -0.3 is 4.52 Å². The van der Waals surface area contributed by atoms with Crippen molar-refractivity contribution in [1.29, 1.82) is 0 Å². The first-order valence-electron chi connectivity index (χ1n) is 8.44. The molecular formula is C17H22N4O4S. The van der Waals surface area contributed by atoms with E-state index in [0.29, 0.717) is 12.1 Å². The first-order valence-corrected chi connectivity index (χ1v) is 9.92. The van der Waals surface area contributed by atoms with Crippen molar-refractivity contribution in [2.75, 3.05) is 5.43 Å². The summed E-state index contributed by atoms with van der Waals surface area (Å²) in [5.41, 5.74) is 7.71. The number of benzene rings is 1. The third-order valence-electron chi connectivity index (χ3n) is 4.19. The molecule has 0 aliphatic heterocycles. The SMILES string of the molecule is Cc1noc(C)c1CCC(=O)NNc1ccc(S(=O)(=O)NC2CC2)cc1. The first-order chi connectivity index (χ1) is 12.3. The summed E-state index contributed by atoms with van der Waals surface area (Å²) in [6, 6.07) is 6.29. The number of aryl methyl sites for hydroxylation is 2. The number of nitrogens with zero attached hydrogens (tertiary/aromatic N) is 1. The summed E-state index contributed by atoms with van der Waals surface area (Å²) in [6.07, 6.45) is 2.60. The monoisotopic (exact) mass is 378 g/mol. The number of anilines is 1. The van der Waals surface area contributed by atoms with Crippen LogP contribution in [-0.4, -0.2) is 25.5 Å². The van der Waals surface area contributed by atoms with Crippen LogP contribution in [0.3, 0.4) is 0 Å². The molecule has 0 spiro atoms. The molecule has 2 aromatic rings. The highest BCUT2D eigenvalue weighted by Gasteiger charge is 2.27. The fourth-order valence-corrected chi connectivity index (χ4v) is 3.81. The van der Waals surface area contributed by atoms with Crippen LogP contribution in [0.25, 0.3) is 0 Å². The van der Waals surface area contributed by atoms with E-state index < -0.39 is 10.0 Å². The van der Waals surface area contributed by atoms with Crippen LogP contribution in [0.15, 0.2) is 33.7 Å². The molecule has 0 atom stereocenters. The van der Waals surface area contributed by atoms with Crippen LogP contribution < -0.4 is 15.6 Å². The second-order valence-electron chi connectivity index (χ2n) is 6.40. The van der Waals surface area contributed by atoms with E-state index in [4.69, 9.17) is 4.52 Å². The summed E-state index contributed by atoms with van der Waals surface area (Å²) in [7, 11) is -3.47. The van der Waals surface area contributed by atoms with Crippen molar-refractivity contribution in [2.45, 2.75) is 50.5 Å². The third-order valence-corrected chi connectivity index (χ3v) is 5.73. The van der Waals surface area contributed by atoms with E-state index in [1.165, 1.54) is 12.1 Å². The topological polar surface area (TPSA) is 113 Å². The van der Waals surface area contributed by atoms with Crippen LogP contribution in [0.4, 0.5) is 5.69 Å². The lowest BCUT2D eigenvalue weighted by atomic mass is 10.1. The molecule has 140 valence electrons. The maximum atomic E-state index is 12.1. The molecule has 0 saturated heterocycles. The number of hydrazine groups is 1. The molecule has 0 radical (unpaired) electrons. The summed E-state index contributed by atoms with van der Waals surface area (Å²) in [5, 5.41) is 3.86. The molecule has 1 amide bonds. The first kappa shape index (κ1) is 18.4. The van der Waals surface area contributed by atoms with Crippen molar-refractivity contribution in [3.05, 3.63) is 41.3 Å². The van der Waals surface area contributed by atoms with Crippen LogP contribution in [0.5, 0.6) is 0 Å². The highest BCUT2D eigenvalue weighted by Crippen LogP contribution is 2.22. The minimum Gasteiger partial charge on any atom is -0.361 e. The Morgan fingerprint density at radius 2 is 1.92 bits per heavy atom. The molecule has 1 aromatic heterocycles. The van der Waals surface area contributed by atoms with Gasteiger partial charge in [0.15, 0.2) is 0 Å². The Kier molecular flexibility index (Phi) is 5.28. The lowest BCUT2D eigenvalue weighted by Gasteiger charge is -2.10. The standard InChI is InChI=1S/C17H22N4O4S/c1-11-16(12(2)25-20-11)9-10-17(22)19-18-13-5-7-15(8-6-13)26(23,24)21-14-3-4-14/h5-8,14,18,21H,3-4,9-10H2,1-2H3,(H,19,22). The highest BCUT2D eigenvalue weighted by atomic mass is 32.2. The predicted molar refractivity (Wildman–Crippen MR) is 95.8 cm³/mol. The molecule has 1 fully saturated rings. The van der Waals surface area contributed by atoms with E-state index in [1.807, 2.05) is 13.8 Å². The summed E-state index contributed by atoms with van der Waals surface area (Å²) in [6.45, 7) is 3.66. The minimum absolute atomic E-state index is 0.0646. The van der Waals surface area contributed by atoms with Gasteiger partial charge in [-0.2, -0.15) is 0 Å². The van der Waals surface area contributed by atoms with Gasteiger partial charge in [-0.15, -0.1) is 0 Å². The molecule has 26 heavy (non-hydrogen) atoms. The third kappa shape index (κ3) is 4.61. The summed E-state index contributed by atoms with van der Waals surface area (Å²) >= 11 is 0. The molecule has 1 saturated carbocycles. The zero-order valence-electron chi connectivity index (χ0n) is 14.7. The van der Waals surface area contributed by atoms with E-state index in [-0.39, 0.29) is 23.3 Å². The summed E-state index contributed by atoms with van der Waals surface area (Å²) in [5.74, 6) is 0.539. The van der Waals surface area contributed by atoms with Crippen LogP contribution >= 0.6 is 0 Å². The summed E-state index contributed by atoms with van der Waals surface area (Å²) < 4.78 is 31.9. The van der Waals surface area contributed by atoms with Crippen LogP contribution in [0.2, 0.25) is 0 Å². The fraction of sp³-hybridized carbons (Fsp3) is 0.412. The van der Waals surface area contributed by atoms with Crippen molar-refractivity contribution in [2.24, 2.45) is 0 Å². The number of hydrogen-bond donors (Lipinski definition) is 3. The number of sulfonamides is 1. The largest absolute Gasteiger partial charge is 0.361 e. The van der Waals surface area contributed by atoms with Gasteiger partial charge in [-0.1, -0.05) is 5.16 Å². The van der Waals surface area contributed by atoms with E-state index in [9.17, 15) is 13.2 Å². The molecule has 8 nitrogen and oxygen atoms in total. The van der Waals surface area contributed by atoms with Gasteiger partial charge in [0.1, 0.15) is 5.76 Å². The number of aromatic nitrogens is 1. The second kappa shape index (κ2) is 7.46. The van der Waals surface area contributed by atoms with Gasteiger partial charge in [0.05, 0.1) is 16.3 Å². The highest BCUT2D eigenvalue weighted by molar-refractivity contribution is 7.89. The van der Waals surface area contributed by atoms with Crippen molar-refractivity contribution < 1.29 is 17.7 Å². The van der Waals surface area contributed by atoms with E-state index >= 15 is 0 Å². The number of carbonyl (C=O) groups is 1. The number of rotatable bonds is 8. The maximum Gasteiger partial charge on any atom is 0.240 e. The predicted octanol–water partition coefficient (Wildman–Crippen LogP) is 1.81. The van der Waals surface area contributed by atoms with E-state index in [1.54, 1.807) is 12.1 Å². The number of nitrogens with one attached hydrogen (secondary N) is 3. The molecule has 3 N–H and O–H groups in total. The number of amides is 1. The molecule has 0 unspecified atom stereocenters. The fourth-order valence-electron chi connectivity index (χ4n) is 2.51. The van der Waals surface area contributed by atoms with Crippen molar-refractivity contribution in [3.8, 4) is 0 Å². The molecule has 1 aromatic carbocycles. The Morgan fingerprint density at radius 3 is 2.50 bits per heavy atom. The quantitative estimate of drug-likeness (QED) is 0.604. The van der Waals surface area contributed by atoms with Gasteiger partial charge in [-0.3, -0.25) is 15.6 Å². The van der Waals surface area contributed by atoms with Gasteiger partial charge in [0.25, 0.3) is 0 Å². The van der Waals surface area contributed by atoms with Gasteiger partial charge in [-0.25, -0.2) is 13.1 Å². The average molecular weight is 378 g/mol. The van der Waals surface area contributed by atoms with Crippen LogP contribution in [0.1, 0.15) is 36.3 Å². The Morgan fingerprint density at radius 1 is 1.23 bits per heavy atom.